The van der Waals surface area contributed by atoms with Crippen LogP contribution in [-0.2, 0) is 9.59 Å². The van der Waals surface area contributed by atoms with Gasteiger partial charge in [-0.2, -0.15) is 0 Å². The molecular weight excluding hydrogens is 280 g/mol. The van der Waals surface area contributed by atoms with Gasteiger partial charge in [-0.1, -0.05) is 42.3 Å². The van der Waals surface area contributed by atoms with E-state index in [0.717, 1.165) is 6.08 Å². The fourth-order valence-electron chi connectivity index (χ4n) is 1.47. The van der Waals surface area contributed by atoms with Gasteiger partial charge in [-0.15, -0.1) is 0 Å². The number of esters is 2. The zero-order valence-electron chi connectivity index (χ0n) is 11.6. The normalized spacial score (nSPS) is 9.64. The summed E-state index contributed by atoms with van der Waals surface area (Å²) in [6.07, 6.45) is 2.37. The van der Waals surface area contributed by atoms with Crippen LogP contribution in [0, 0.1) is 11.8 Å². The Morgan fingerprint density at radius 2 is 1.36 bits per heavy atom. The number of carbonyl (C=O) groups is 2. The van der Waals surface area contributed by atoms with Crippen molar-refractivity contribution in [2.24, 2.45) is 0 Å². The molecule has 108 valence electrons. The number of ether oxygens (including phenoxy) is 2. The van der Waals surface area contributed by atoms with Gasteiger partial charge < -0.3 is 9.47 Å². The van der Waals surface area contributed by atoms with Gasteiger partial charge in [0, 0.05) is 12.0 Å². The fraction of sp³-hybridized carbons (Fsp3) is 0. The van der Waals surface area contributed by atoms with E-state index in [2.05, 4.69) is 11.8 Å². The van der Waals surface area contributed by atoms with Crippen LogP contribution in [0.15, 0.2) is 72.8 Å². The molecule has 2 aromatic carbocycles. The molecule has 0 bridgehead atoms. The van der Waals surface area contributed by atoms with Gasteiger partial charge in [0.1, 0.15) is 11.5 Å². The summed E-state index contributed by atoms with van der Waals surface area (Å²) in [5, 5.41) is 0. The van der Waals surface area contributed by atoms with E-state index in [9.17, 15) is 9.59 Å². The average molecular weight is 292 g/mol. The summed E-state index contributed by atoms with van der Waals surface area (Å²) < 4.78 is 9.96. The van der Waals surface area contributed by atoms with Crippen molar-refractivity contribution < 1.29 is 19.1 Å². The van der Waals surface area contributed by atoms with E-state index in [1.165, 1.54) is 6.08 Å². The van der Waals surface area contributed by atoms with Crippen LogP contribution in [0.3, 0.4) is 0 Å². The van der Waals surface area contributed by atoms with Gasteiger partial charge in [-0.05, 0) is 30.3 Å². The largest absolute Gasteiger partial charge is 0.423 e. The fourth-order valence-corrected chi connectivity index (χ4v) is 1.47. The summed E-state index contributed by atoms with van der Waals surface area (Å²) in [5.74, 6) is 4.24. The number of benzene rings is 2. The molecule has 0 N–H and O–H groups in total. The molecule has 2 aromatic rings. The smallest absolute Gasteiger partial charge is 0.390 e. The van der Waals surface area contributed by atoms with Crippen molar-refractivity contribution in [1.29, 1.82) is 0 Å². The molecule has 0 aliphatic heterocycles. The van der Waals surface area contributed by atoms with Gasteiger partial charge in [0.15, 0.2) is 0 Å². The van der Waals surface area contributed by atoms with Crippen LogP contribution < -0.4 is 9.47 Å². The summed E-state index contributed by atoms with van der Waals surface area (Å²) in [5.41, 5.74) is 0. The first kappa shape index (κ1) is 15.1. The Balaban J connectivity index is 1.82. The van der Waals surface area contributed by atoms with Crippen molar-refractivity contribution in [3.8, 4) is 23.3 Å². The predicted molar refractivity (Wildman–Crippen MR) is 81.1 cm³/mol. The minimum Gasteiger partial charge on any atom is -0.423 e. The minimum absolute atomic E-state index is 0.411. The van der Waals surface area contributed by atoms with Crippen molar-refractivity contribution >= 4 is 11.9 Å². The van der Waals surface area contributed by atoms with Crippen molar-refractivity contribution in [2.75, 3.05) is 0 Å². The van der Waals surface area contributed by atoms with Crippen molar-refractivity contribution in [3.05, 3.63) is 72.8 Å². The Kier molecular flexibility index (Phi) is 5.53. The Labute approximate surface area is 128 Å². The van der Waals surface area contributed by atoms with Gasteiger partial charge in [0.25, 0.3) is 0 Å². The van der Waals surface area contributed by atoms with Crippen molar-refractivity contribution in [2.45, 2.75) is 0 Å². The summed E-state index contributed by atoms with van der Waals surface area (Å²) in [6, 6.07) is 17.2. The zero-order chi connectivity index (χ0) is 15.6. The molecule has 0 radical (unpaired) electrons. The number of hydrogen-bond acceptors (Lipinski definition) is 4. The molecule has 0 aliphatic carbocycles. The second-order valence-corrected chi connectivity index (χ2v) is 4.04. The van der Waals surface area contributed by atoms with Gasteiger partial charge in [0.05, 0.1) is 0 Å². The lowest BCUT2D eigenvalue weighted by Crippen LogP contribution is -2.04. The highest BCUT2D eigenvalue weighted by atomic mass is 16.5. The first-order chi connectivity index (χ1) is 10.7. The second-order valence-electron chi connectivity index (χ2n) is 4.04. The van der Waals surface area contributed by atoms with E-state index in [0.29, 0.717) is 11.5 Å². The highest BCUT2D eigenvalue weighted by Gasteiger charge is 1.99. The van der Waals surface area contributed by atoms with Gasteiger partial charge in [-0.25, -0.2) is 9.59 Å². The van der Waals surface area contributed by atoms with Gasteiger partial charge in [-0.3, -0.25) is 0 Å². The van der Waals surface area contributed by atoms with E-state index >= 15 is 0 Å². The van der Waals surface area contributed by atoms with Crippen LogP contribution in [0.4, 0.5) is 0 Å². The maximum absolute atomic E-state index is 11.5. The van der Waals surface area contributed by atoms with Crippen LogP contribution in [0.1, 0.15) is 0 Å². The Morgan fingerprint density at radius 3 is 1.95 bits per heavy atom. The Morgan fingerprint density at radius 1 is 0.818 bits per heavy atom. The first-order valence-electron chi connectivity index (χ1n) is 6.46. The monoisotopic (exact) mass is 292 g/mol. The van der Waals surface area contributed by atoms with Crippen molar-refractivity contribution in [1.82, 2.24) is 0 Å². The Hall–Kier alpha value is -3.32. The molecule has 0 aliphatic rings. The maximum atomic E-state index is 11.5. The highest BCUT2D eigenvalue weighted by Crippen LogP contribution is 2.09. The molecule has 0 spiro atoms. The van der Waals surface area contributed by atoms with Crippen LogP contribution in [0.2, 0.25) is 0 Å². The molecule has 0 saturated carbocycles. The molecular formula is C18H12O4. The lowest BCUT2D eigenvalue weighted by molar-refractivity contribution is -0.129. The van der Waals surface area contributed by atoms with Crippen LogP contribution >= 0.6 is 0 Å². The molecule has 0 unspecified atom stereocenters. The molecule has 4 heteroatoms. The Bertz CT molecular complexity index is 722. The average Bonchev–Trinajstić information content (AvgIpc) is 2.53. The molecule has 0 fully saturated rings. The molecule has 0 heterocycles. The third-order valence-corrected chi connectivity index (χ3v) is 2.39. The zero-order valence-corrected chi connectivity index (χ0v) is 11.6. The number of para-hydroxylation sites is 2. The number of rotatable bonds is 3. The lowest BCUT2D eigenvalue weighted by atomic mass is 10.3. The number of carbonyl (C=O) groups excluding carboxylic acids is 2. The number of allylic oxidation sites excluding steroid dienone is 1. The molecule has 0 amide bonds. The number of hydrogen-bond donors (Lipinski definition) is 0. The first-order valence-corrected chi connectivity index (χ1v) is 6.46. The van der Waals surface area contributed by atoms with Crippen molar-refractivity contribution in [3.63, 3.8) is 0 Å². The van der Waals surface area contributed by atoms with Crippen LogP contribution in [0.5, 0.6) is 11.5 Å². The summed E-state index contributed by atoms with van der Waals surface area (Å²) >= 11 is 0. The lowest BCUT2D eigenvalue weighted by Gasteiger charge is -1.98. The molecule has 2 rings (SSSR count). The molecule has 0 aromatic heterocycles. The van der Waals surface area contributed by atoms with Gasteiger partial charge >= 0.3 is 11.9 Å². The standard InChI is InChI=1S/C18H12O4/c19-17(21-15-9-3-1-4-10-15)13-7-8-14-18(20)22-16-11-5-2-6-12-16/h1-7,9-13H/b13-7+. The summed E-state index contributed by atoms with van der Waals surface area (Å²) in [6.45, 7) is 0. The maximum Gasteiger partial charge on any atom is 0.390 e. The second kappa shape index (κ2) is 8.08. The van der Waals surface area contributed by atoms with E-state index in [4.69, 9.17) is 9.47 Å². The highest BCUT2D eigenvalue weighted by molar-refractivity contribution is 5.91. The summed E-state index contributed by atoms with van der Waals surface area (Å²) in [7, 11) is 0. The van der Waals surface area contributed by atoms with Gasteiger partial charge in [0.2, 0.25) is 0 Å². The SMILES string of the molecule is O=C(C#C/C=C/C(=O)Oc1ccccc1)Oc1ccccc1. The van der Waals surface area contributed by atoms with Crippen LogP contribution in [0.25, 0.3) is 0 Å². The van der Waals surface area contributed by atoms with Crippen LogP contribution in [-0.4, -0.2) is 11.9 Å². The molecule has 0 atom stereocenters. The van der Waals surface area contributed by atoms with E-state index < -0.39 is 11.9 Å². The summed E-state index contributed by atoms with van der Waals surface area (Å²) in [4.78, 5) is 22.9. The van der Waals surface area contributed by atoms with E-state index in [1.807, 2.05) is 12.1 Å². The molecule has 0 saturated heterocycles. The quantitative estimate of drug-likeness (QED) is 0.287. The third-order valence-electron chi connectivity index (χ3n) is 2.39. The minimum atomic E-state index is -0.702. The molecule has 22 heavy (non-hydrogen) atoms. The third kappa shape index (κ3) is 5.35. The topological polar surface area (TPSA) is 52.6 Å². The molecule has 4 nitrogen and oxygen atoms in total. The predicted octanol–water partition coefficient (Wildman–Crippen LogP) is 2.76. The van der Waals surface area contributed by atoms with E-state index in [-0.39, 0.29) is 0 Å². The van der Waals surface area contributed by atoms with E-state index in [1.54, 1.807) is 48.5 Å².